The number of nitrogens with zero attached hydrogens (tertiary/aromatic N) is 5. The van der Waals surface area contributed by atoms with Crippen LogP contribution in [0.2, 0.25) is 0 Å². The Morgan fingerprint density at radius 3 is 2.22 bits per heavy atom. The summed E-state index contributed by atoms with van der Waals surface area (Å²) < 4.78 is 65.3. The summed E-state index contributed by atoms with van der Waals surface area (Å²) in [6.45, 7) is 9.87. The smallest absolute Gasteiger partial charge is 0.408 e. The summed E-state index contributed by atoms with van der Waals surface area (Å²) in [5, 5.41) is 16.8. The van der Waals surface area contributed by atoms with Crippen LogP contribution in [0, 0.1) is 5.41 Å². The van der Waals surface area contributed by atoms with Crippen molar-refractivity contribution in [2.45, 2.75) is 102 Å². The van der Waals surface area contributed by atoms with Crippen LogP contribution in [-0.2, 0) is 29.1 Å². The topological polar surface area (TPSA) is 204 Å². The van der Waals surface area contributed by atoms with E-state index in [-0.39, 0.29) is 18.8 Å². The third kappa shape index (κ3) is 8.28. The van der Waals surface area contributed by atoms with Crippen molar-refractivity contribution in [1.29, 1.82) is 0 Å². The molecule has 278 valence electrons. The highest BCUT2D eigenvalue weighted by Gasteiger charge is 2.62. The first-order valence-corrected chi connectivity index (χ1v) is 17.9. The first kappa shape index (κ1) is 37.6. The molecule has 0 bridgehead atoms. The number of rotatable bonds is 10. The summed E-state index contributed by atoms with van der Waals surface area (Å²) in [5.74, 6) is -2.18. The molecular weight excluding hydrogens is 694 g/mol. The molecule has 16 nitrogen and oxygen atoms in total. The maximum atomic E-state index is 14.3. The summed E-state index contributed by atoms with van der Waals surface area (Å²) in [7, 11) is -2.63. The van der Waals surface area contributed by atoms with E-state index in [0.29, 0.717) is 24.2 Å². The van der Waals surface area contributed by atoms with E-state index in [1.165, 1.54) is 11.9 Å². The van der Waals surface area contributed by atoms with E-state index >= 15 is 0 Å². The minimum Gasteiger partial charge on any atom is -0.497 e. The van der Waals surface area contributed by atoms with Crippen LogP contribution in [0.15, 0.2) is 35.9 Å². The molecule has 4 amide bonds. The van der Waals surface area contributed by atoms with E-state index in [2.05, 4.69) is 26.0 Å². The maximum Gasteiger partial charge on any atom is 0.408 e. The number of nitrogens with one attached hydrogen (secondary N) is 3. The zero-order valence-corrected chi connectivity index (χ0v) is 30.1. The second kappa shape index (κ2) is 13.5. The van der Waals surface area contributed by atoms with E-state index < -0.39 is 91.8 Å². The maximum absolute atomic E-state index is 14.3. The summed E-state index contributed by atoms with van der Waals surface area (Å²) in [4.78, 5) is 56.9. The molecule has 2 aromatic rings. The zero-order chi connectivity index (χ0) is 37.7. The first-order chi connectivity index (χ1) is 23.6. The fourth-order valence-electron chi connectivity index (χ4n) is 5.76. The van der Waals surface area contributed by atoms with E-state index in [1.807, 2.05) is 4.72 Å². The molecule has 4 atom stereocenters. The van der Waals surface area contributed by atoms with Gasteiger partial charge in [-0.15, -0.1) is 10.2 Å². The molecule has 2 saturated carbocycles. The van der Waals surface area contributed by atoms with Gasteiger partial charge >= 0.3 is 6.09 Å². The Hall–Kier alpha value is -4.68. The van der Waals surface area contributed by atoms with Crippen LogP contribution in [0.1, 0.15) is 73.3 Å². The summed E-state index contributed by atoms with van der Waals surface area (Å²) in [6, 6.07) is 3.46. The minimum atomic E-state index is -4.15. The molecule has 0 radical (unpaired) electrons. The van der Waals surface area contributed by atoms with Gasteiger partial charge in [-0.2, -0.15) is 13.6 Å². The molecular formula is C32H42F2N8O8S. The van der Waals surface area contributed by atoms with Gasteiger partial charge in [0.25, 0.3) is 12.0 Å². The Morgan fingerprint density at radius 1 is 1.04 bits per heavy atom. The summed E-state index contributed by atoms with van der Waals surface area (Å²) in [5.41, 5.74) is -4.28. The average Bonchev–Trinajstić information content (AvgIpc) is 3.91. The van der Waals surface area contributed by atoms with Gasteiger partial charge in [0, 0.05) is 30.5 Å². The molecule has 1 aromatic carbocycles. The Labute approximate surface area is 293 Å². The van der Waals surface area contributed by atoms with Crippen molar-refractivity contribution in [2.75, 3.05) is 13.7 Å². The SMILES string of the molecule is COc1ccc(-c2nnn([C@@H]3C[C@@H](C(=O)N[C@]4(C(=O)NS(=O)(=O)C5CC5)CC4=C(F)F)N(C(=O)[C@@H](NC(=O)OC(C)(C)C)C(C)(C)C)C3)n2)cc1. The van der Waals surface area contributed by atoms with Crippen molar-refractivity contribution in [3.8, 4) is 17.1 Å². The number of carbonyl (C=O) groups excluding carboxylic acids is 4. The van der Waals surface area contributed by atoms with Crippen LogP contribution >= 0.6 is 0 Å². The number of hydrogen-bond acceptors (Lipinski definition) is 11. The quantitative estimate of drug-likeness (QED) is 0.323. The number of likely N-dealkylation sites (tertiary alicyclic amines) is 1. The number of methoxy groups -OCH3 is 1. The zero-order valence-electron chi connectivity index (χ0n) is 29.3. The monoisotopic (exact) mass is 736 g/mol. The lowest BCUT2D eigenvalue weighted by atomic mass is 9.85. The van der Waals surface area contributed by atoms with E-state index in [1.54, 1.807) is 65.8 Å². The molecule has 1 saturated heterocycles. The molecule has 3 aliphatic rings. The molecule has 2 heterocycles. The van der Waals surface area contributed by atoms with Gasteiger partial charge in [-0.05, 0) is 68.5 Å². The van der Waals surface area contributed by atoms with Crippen LogP contribution in [0.25, 0.3) is 11.4 Å². The van der Waals surface area contributed by atoms with Gasteiger partial charge in [0.05, 0.1) is 18.4 Å². The molecule has 19 heteroatoms. The van der Waals surface area contributed by atoms with Crippen LogP contribution in [0.3, 0.4) is 0 Å². The Kier molecular flexibility index (Phi) is 9.92. The number of alkyl carbamates (subject to hydrolysis) is 1. The highest BCUT2D eigenvalue weighted by Crippen LogP contribution is 2.47. The van der Waals surface area contributed by atoms with E-state index in [4.69, 9.17) is 9.47 Å². The number of sulfonamides is 1. The van der Waals surface area contributed by atoms with Gasteiger partial charge in [-0.3, -0.25) is 19.1 Å². The molecule has 3 N–H and O–H groups in total. The van der Waals surface area contributed by atoms with Crippen molar-refractivity contribution < 1.29 is 45.9 Å². The largest absolute Gasteiger partial charge is 0.497 e. The van der Waals surface area contributed by atoms with Crippen molar-refractivity contribution in [3.63, 3.8) is 0 Å². The molecule has 5 rings (SSSR count). The number of tetrazole rings is 1. The summed E-state index contributed by atoms with van der Waals surface area (Å²) in [6.07, 6.45) is -3.27. The van der Waals surface area contributed by atoms with Gasteiger partial charge in [0.15, 0.2) is 5.54 Å². The number of hydrogen-bond donors (Lipinski definition) is 3. The number of carbonyl (C=O) groups is 4. The third-order valence-corrected chi connectivity index (χ3v) is 10.5. The minimum absolute atomic E-state index is 0.144. The Morgan fingerprint density at radius 2 is 1.69 bits per heavy atom. The van der Waals surface area contributed by atoms with Gasteiger partial charge in [0.2, 0.25) is 27.7 Å². The highest BCUT2D eigenvalue weighted by atomic mass is 32.2. The van der Waals surface area contributed by atoms with Crippen LogP contribution in [0.4, 0.5) is 13.6 Å². The van der Waals surface area contributed by atoms with Crippen molar-refractivity contribution in [1.82, 2.24) is 40.5 Å². The predicted molar refractivity (Wildman–Crippen MR) is 176 cm³/mol. The average molecular weight is 737 g/mol. The highest BCUT2D eigenvalue weighted by molar-refractivity contribution is 7.91. The fourth-order valence-corrected chi connectivity index (χ4v) is 7.12. The number of benzene rings is 1. The first-order valence-electron chi connectivity index (χ1n) is 16.3. The predicted octanol–water partition coefficient (Wildman–Crippen LogP) is 2.45. The number of ether oxygens (including phenoxy) is 2. The Balaban J connectivity index is 1.46. The number of amides is 4. The van der Waals surface area contributed by atoms with Crippen molar-refractivity contribution in [3.05, 3.63) is 35.9 Å². The van der Waals surface area contributed by atoms with Crippen molar-refractivity contribution in [2.24, 2.45) is 5.41 Å². The third-order valence-electron chi connectivity index (χ3n) is 8.72. The fraction of sp³-hybridized carbons (Fsp3) is 0.594. The van der Waals surface area contributed by atoms with Crippen LogP contribution in [0.5, 0.6) is 5.75 Å². The van der Waals surface area contributed by atoms with Crippen LogP contribution < -0.4 is 20.1 Å². The molecule has 0 unspecified atom stereocenters. The second-order valence-corrected chi connectivity index (χ2v) is 16.9. The molecule has 2 aliphatic carbocycles. The van der Waals surface area contributed by atoms with Gasteiger partial charge in [-0.1, -0.05) is 20.8 Å². The summed E-state index contributed by atoms with van der Waals surface area (Å²) >= 11 is 0. The lowest BCUT2D eigenvalue weighted by molar-refractivity contribution is -0.142. The van der Waals surface area contributed by atoms with Gasteiger partial charge in [0.1, 0.15) is 23.4 Å². The van der Waals surface area contributed by atoms with Gasteiger partial charge in [-0.25, -0.2) is 13.2 Å². The lowest BCUT2D eigenvalue weighted by Gasteiger charge is -2.36. The second-order valence-electron chi connectivity index (χ2n) is 15.0. The number of aromatic nitrogens is 4. The van der Waals surface area contributed by atoms with E-state index in [9.17, 15) is 36.4 Å². The molecule has 51 heavy (non-hydrogen) atoms. The molecule has 1 aromatic heterocycles. The van der Waals surface area contributed by atoms with Gasteiger partial charge < -0.3 is 25.0 Å². The molecule has 1 aliphatic heterocycles. The normalized spacial score (nSPS) is 22.5. The van der Waals surface area contributed by atoms with Crippen molar-refractivity contribution >= 4 is 33.8 Å². The molecule has 3 fully saturated rings. The lowest BCUT2D eigenvalue weighted by Crippen LogP contribution is -2.60. The van der Waals surface area contributed by atoms with E-state index in [0.717, 1.165) is 4.90 Å². The number of halogens is 2. The van der Waals surface area contributed by atoms with Crippen LogP contribution in [-0.4, -0.2) is 99.5 Å². The standard InChI is InChI=1S/C32H42F2N8O8S/c1-30(2,3)23(35-29(46)50-31(4,5)6)27(44)41-16-18(42-38-25(37-40-42)17-8-10-19(49-7)11-9-17)14-22(41)26(43)36-32(15-21(32)24(33)34)28(45)39-51(47,48)20-12-13-20/h8-11,18,20,22-23H,12-16H2,1-7H3,(H,35,46)(H,36,43)(H,39,45)/t18-,22+,23-,32-/m1/s1. The Bertz CT molecular complexity index is 1850. The molecule has 0 spiro atoms.